The van der Waals surface area contributed by atoms with Gasteiger partial charge in [0.25, 0.3) is 0 Å². The highest BCUT2D eigenvalue weighted by Crippen LogP contribution is 2.40. The molecule has 0 aliphatic heterocycles. The van der Waals surface area contributed by atoms with Gasteiger partial charge in [0.15, 0.2) is 0 Å². The number of rotatable bonds is 26. The van der Waals surface area contributed by atoms with Gasteiger partial charge in [-0.2, -0.15) is 0 Å². The van der Waals surface area contributed by atoms with E-state index in [2.05, 4.69) is 36.4 Å². The van der Waals surface area contributed by atoms with Gasteiger partial charge >= 0.3 is 11.9 Å². The van der Waals surface area contributed by atoms with E-state index < -0.39 is 42.6 Å². The third-order valence-corrected chi connectivity index (χ3v) is 12.1. The molecule has 0 heterocycles. The number of unbranched alkanes of at least 4 members (excludes halogenated alkanes) is 2. The predicted molar refractivity (Wildman–Crippen MR) is 231 cm³/mol. The predicted octanol–water partition coefficient (Wildman–Crippen LogP) is 7.51. The Morgan fingerprint density at radius 3 is 1.47 bits per heavy atom. The summed E-state index contributed by atoms with van der Waals surface area (Å²) in [6, 6.07) is 20.2. The van der Waals surface area contributed by atoms with Crippen molar-refractivity contribution in [3.05, 3.63) is 96.1 Å². The molecule has 10 atom stereocenters. The van der Waals surface area contributed by atoms with E-state index in [0.29, 0.717) is 83.7 Å². The standard InChI is InChI=1S/C26H40O5.C23H34O5/c1-2-18-31-26(30)13-9-4-3-8-12-22-23(25(29)19-24(22)28)17-16-21(27)15-14-20-10-6-5-7-11-20;24-18(13-12-17-8-4-3-5-9-17)14-15-20-19(21(25)16-22(20)26)10-6-1-2-7-11-23(27)28/h3,5-8,10-11,21-25,27-29H,2,4,9,12-19H2,1H3;1,3-6,8-9,18-22,24-26H,2,7,10-16H2,(H,27,28)/b8-3-;6-1-/t21-,22+,23+,24-,25+;18-,19+,20+,21-,22+/m00/s1. The van der Waals surface area contributed by atoms with Crippen molar-refractivity contribution in [2.45, 2.75) is 166 Å². The van der Waals surface area contributed by atoms with Gasteiger partial charge in [0.2, 0.25) is 0 Å². The topological polar surface area (TPSA) is 185 Å². The van der Waals surface area contributed by atoms with Gasteiger partial charge in [-0.05, 0) is 144 Å². The zero-order chi connectivity index (χ0) is 42.8. The second-order valence-electron chi connectivity index (χ2n) is 16.7. The van der Waals surface area contributed by atoms with Gasteiger partial charge < -0.3 is 40.5 Å². The van der Waals surface area contributed by atoms with Crippen LogP contribution in [0.4, 0.5) is 0 Å². The number of carboxylic acid groups (broad SMARTS) is 1. The lowest BCUT2D eigenvalue weighted by atomic mass is 9.85. The minimum atomic E-state index is -0.784. The van der Waals surface area contributed by atoms with Crippen LogP contribution >= 0.6 is 0 Å². The summed E-state index contributed by atoms with van der Waals surface area (Å²) in [4.78, 5) is 22.0. The summed E-state index contributed by atoms with van der Waals surface area (Å²) in [5.41, 5.74) is 2.43. The van der Waals surface area contributed by atoms with Crippen LogP contribution in [0.15, 0.2) is 85.0 Å². The van der Waals surface area contributed by atoms with Crippen molar-refractivity contribution in [1.29, 1.82) is 0 Å². The van der Waals surface area contributed by atoms with Crippen molar-refractivity contribution in [2.75, 3.05) is 6.61 Å². The molecular formula is C49H74O10. The van der Waals surface area contributed by atoms with Crippen LogP contribution in [-0.4, -0.2) is 90.9 Å². The summed E-state index contributed by atoms with van der Waals surface area (Å²) in [5.74, 6) is -0.918. The Kier molecular flexibility index (Phi) is 24.5. The van der Waals surface area contributed by atoms with Gasteiger partial charge in [-0.3, -0.25) is 9.59 Å². The second kappa shape index (κ2) is 29.0. The quantitative estimate of drug-likeness (QED) is 0.0285. The van der Waals surface area contributed by atoms with Crippen molar-refractivity contribution in [2.24, 2.45) is 23.7 Å². The van der Waals surface area contributed by atoms with E-state index in [4.69, 9.17) is 9.84 Å². The zero-order valence-corrected chi connectivity index (χ0v) is 35.4. The van der Waals surface area contributed by atoms with Crippen molar-refractivity contribution < 1.29 is 50.1 Å². The highest BCUT2D eigenvalue weighted by Gasteiger charge is 2.41. The van der Waals surface area contributed by atoms with Crippen molar-refractivity contribution >= 4 is 11.9 Å². The summed E-state index contributed by atoms with van der Waals surface area (Å²) in [6.07, 6.45) is 17.5. The third-order valence-electron chi connectivity index (χ3n) is 12.1. The SMILES string of the molecule is CCCOC(=O)CCC/C=C\C[C@@H]1[C@@H](CC[C@@H](O)CCc2ccccc2)[C@H](O)C[C@@H]1O.O=C(O)CCC/C=C\C[C@@H]1[C@@H](CC[C@@H](O)CCc2ccccc2)[C@H](O)C[C@@H]1O. The number of hydrogen-bond donors (Lipinski definition) is 7. The Hall–Kier alpha value is -3.38. The number of carbonyl (C=O) groups is 2. The first kappa shape index (κ1) is 50.0. The summed E-state index contributed by atoms with van der Waals surface area (Å²) >= 11 is 0. The molecule has 4 rings (SSSR count). The van der Waals surface area contributed by atoms with E-state index in [1.54, 1.807) is 0 Å². The first-order valence-electron chi connectivity index (χ1n) is 22.3. The smallest absolute Gasteiger partial charge is 0.305 e. The molecule has 0 bridgehead atoms. The average Bonchev–Trinajstić information content (AvgIpc) is 3.66. The first-order valence-corrected chi connectivity index (χ1v) is 22.3. The molecule has 7 N–H and O–H groups in total. The number of hydrogen-bond acceptors (Lipinski definition) is 9. The molecule has 2 saturated carbocycles. The minimum Gasteiger partial charge on any atom is -0.481 e. The highest BCUT2D eigenvalue weighted by molar-refractivity contribution is 5.69. The fourth-order valence-electron chi connectivity index (χ4n) is 8.59. The molecule has 2 aromatic rings. The molecule has 10 heteroatoms. The number of benzene rings is 2. The van der Waals surface area contributed by atoms with Crippen LogP contribution in [0, 0.1) is 23.7 Å². The molecule has 0 spiro atoms. The molecule has 0 radical (unpaired) electrons. The number of ether oxygens (including phenoxy) is 1. The Labute approximate surface area is 353 Å². The molecule has 2 fully saturated rings. The molecule has 0 saturated heterocycles. The fourth-order valence-corrected chi connectivity index (χ4v) is 8.59. The Bertz CT molecular complexity index is 1470. The second-order valence-corrected chi connectivity index (χ2v) is 16.7. The lowest BCUT2D eigenvalue weighted by Crippen LogP contribution is -2.23. The van der Waals surface area contributed by atoms with Crippen LogP contribution in [0.5, 0.6) is 0 Å². The van der Waals surface area contributed by atoms with Crippen LogP contribution in [0.2, 0.25) is 0 Å². The van der Waals surface area contributed by atoms with Gasteiger partial charge in [-0.25, -0.2) is 0 Å². The largest absolute Gasteiger partial charge is 0.481 e. The molecule has 0 aromatic heterocycles. The third kappa shape index (κ3) is 20.2. The monoisotopic (exact) mass is 823 g/mol. The van der Waals surface area contributed by atoms with E-state index in [0.717, 1.165) is 38.5 Å². The number of carbonyl (C=O) groups excluding carboxylic acids is 1. The number of allylic oxidation sites excluding steroid dienone is 4. The van der Waals surface area contributed by atoms with Crippen LogP contribution in [0.1, 0.15) is 127 Å². The Balaban J connectivity index is 0.000000317. The summed E-state index contributed by atoms with van der Waals surface area (Å²) in [5, 5.41) is 70.8. The van der Waals surface area contributed by atoms with E-state index in [1.807, 2.05) is 55.5 Å². The van der Waals surface area contributed by atoms with E-state index in [-0.39, 0.29) is 36.1 Å². The normalized spacial score (nSPS) is 25.2. The summed E-state index contributed by atoms with van der Waals surface area (Å²) < 4.78 is 5.06. The van der Waals surface area contributed by atoms with Crippen LogP contribution in [0.3, 0.4) is 0 Å². The first-order chi connectivity index (χ1) is 28.5. The van der Waals surface area contributed by atoms with Gasteiger partial charge in [0, 0.05) is 12.8 Å². The van der Waals surface area contributed by atoms with Gasteiger partial charge in [-0.15, -0.1) is 0 Å². The minimum absolute atomic E-state index is 0.00736. The maximum Gasteiger partial charge on any atom is 0.305 e. The van der Waals surface area contributed by atoms with Crippen molar-refractivity contribution in [1.82, 2.24) is 0 Å². The zero-order valence-electron chi connectivity index (χ0n) is 35.4. The Morgan fingerprint density at radius 1 is 0.627 bits per heavy atom. The number of aryl methyl sites for hydroxylation is 2. The number of carboxylic acids is 1. The molecule has 2 aromatic carbocycles. The number of aliphatic hydroxyl groups excluding tert-OH is 6. The summed E-state index contributed by atoms with van der Waals surface area (Å²) in [6.45, 7) is 2.46. The van der Waals surface area contributed by atoms with Crippen molar-refractivity contribution in [3.63, 3.8) is 0 Å². The number of aliphatic carboxylic acids is 1. The van der Waals surface area contributed by atoms with Gasteiger partial charge in [-0.1, -0.05) is 91.9 Å². The molecule has 330 valence electrons. The lowest BCUT2D eigenvalue weighted by molar-refractivity contribution is -0.143. The molecular weight excluding hydrogens is 749 g/mol. The number of aliphatic hydroxyl groups is 6. The lowest BCUT2D eigenvalue weighted by Gasteiger charge is -2.23. The maximum absolute atomic E-state index is 11.5. The summed E-state index contributed by atoms with van der Waals surface area (Å²) in [7, 11) is 0. The van der Waals surface area contributed by atoms with E-state index >= 15 is 0 Å². The van der Waals surface area contributed by atoms with Crippen molar-refractivity contribution in [3.8, 4) is 0 Å². The maximum atomic E-state index is 11.5. The molecule has 10 nitrogen and oxygen atoms in total. The Morgan fingerprint density at radius 2 is 1.05 bits per heavy atom. The van der Waals surface area contributed by atoms with E-state index in [1.165, 1.54) is 11.1 Å². The van der Waals surface area contributed by atoms with Crippen LogP contribution in [-0.2, 0) is 27.2 Å². The molecule has 0 amide bonds. The highest BCUT2D eigenvalue weighted by atomic mass is 16.5. The van der Waals surface area contributed by atoms with Gasteiger partial charge in [0.1, 0.15) is 0 Å². The molecule has 2 aliphatic carbocycles. The van der Waals surface area contributed by atoms with Gasteiger partial charge in [0.05, 0.1) is 43.2 Å². The van der Waals surface area contributed by atoms with Crippen LogP contribution in [0.25, 0.3) is 0 Å². The fraction of sp³-hybridized carbons (Fsp3) is 0.633. The van der Waals surface area contributed by atoms with Crippen LogP contribution < -0.4 is 0 Å². The molecule has 0 unspecified atom stereocenters. The molecule has 2 aliphatic rings. The number of esters is 1. The molecule has 59 heavy (non-hydrogen) atoms. The van der Waals surface area contributed by atoms with E-state index in [9.17, 15) is 40.2 Å². The average molecular weight is 823 g/mol.